The third-order valence-corrected chi connectivity index (χ3v) is 6.10. The fraction of sp³-hybridized carbons (Fsp3) is 0. The zero-order chi connectivity index (χ0) is 22.1. The number of thiazole rings is 1. The zero-order valence-corrected chi connectivity index (χ0v) is 18.1. The van der Waals surface area contributed by atoms with Crippen molar-refractivity contribution in [3.63, 3.8) is 0 Å². The first-order valence-corrected chi connectivity index (χ1v) is 11.0. The van der Waals surface area contributed by atoms with Crippen LogP contribution >= 0.6 is 22.9 Å². The molecule has 0 saturated carbocycles. The molecule has 32 heavy (non-hydrogen) atoms. The number of nitro groups is 1. The zero-order valence-electron chi connectivity index (χ0n) is 16.5. The lowest BCUT2D eigenvalue weighted by atomic mass is 10.1. The molecule has 0 saturated heterocycles. The number of para-hydroxylation sites is 1. The number of hydrogen-bond donors (Lipinski definition) is 1. The largest absolute Gasteiger partial charge is 0.354 e. The van der Waals surface area contributed by atoms with Gasteiger partial charge in [-0.05, 0) is 24.3 Å². The highest BCUT2D eigenvalue weighted by atomic mass is 35.5. The van der Waals surface area contributed by atoms with Crippen LogP contribution in [0.5, 0.6) is 0 Å². The molecule has 0 radical (unpaired) electrons. The third-order valence-electron chi connectivity index (χ3n) is 4.98. The summed E-state index contributed by atoms with van der Waals surface area (Å²) >= 11 is 7.52. The molecule has 156 valence electrons. The van der Waals surface area contributed by atoms with Crippen molar-refractivity contribution in [3.8, 4) is 21.8 Å². The molecule has 0 unspecified atom stereocenters. The molecule has 2 heterocycles. The van der Waals surface area contributed by atoms with Gasteiger partial charge in [0.15, 0.2) is 0 Å². The average Bonchev–Trinajstić information content (AvgIpc) is 3.30. The van der Waals surface area contributed by atoms with Crippen molar-refractivity contribution in [1.82, 2.24) is 9.97 Å². The molecule has 0 aliphatic carbocycles. The molecule has 0 spiro atoms. The SMILES string of the molecule is O=[N+]([O-])c1cccc(Nc2c(-c3nc(-c4ccc(Cl)cc4)cs3)cnc3ccccc23)c1. The van der Waals surface area contributed by atoms with E-state index in [9.17, 15) is 10.1 Å². The highest BCUT2D eigenvalue weighted by Gasteiger charge is 2.16. The highest BCUT2D eigenvalue weighted by Crippen LogP contribution is 2.38. The van der Waals surface area contributed by atoms with Crippen LogP contribution in [0.2, 0.25) is 5.02 Å². The first-order chi connectivity index (χ1) is 15.6. The molecular formula is C24H15ClN4O2S. The van der Waals surface area contributed by atoms with E-state index in [0.717, 1.165) is 38.4 Å². The maximum Gasteiger partial charge on any atom is 0.271 e. The molecule has 2 aromatic heterocycles. The summed E-state index contributed by atoms with van der Waals surface area (Å²) in [6.07, 6.45) is 1.78. The molecule has 1 N–H and O–H groups in total. The van der Waals surface area contributed by atoms with Crippen molar-refractivity contribution in [2.75, 3.05) is 5.32 Å². The number of nitrogens with one attached hydrogen (secondary N) is 1. The van der Waals surface area contributed by atoms with Crippen molar-refractivity contribution in [3.05, 3.63) is 99.5 Å². The van der Waals surface area contributed by atoms with Crippen LogP contribution in [0.15, 0.2) is 84.4 Å². The monoisotopic (exact) mass is 458 g/mol. The van der Waals surface area contributed by atoms with E-state index < -0.39 is 4.92 Å². The van der Waals surface area contributed by atoms with Crippen molar-refractivity contribution in [1.29, 1.82) is 0 Å². The lowest BCUT2D eigenvalue weighted by molar-refractivity contribution is -0.384. The van der Waals surface area contributed by atoms with Gasteiger partial charge in [-0.3, -0.25) is 15.1 Å². The number of hydrogen-bond acceptors (Lipinski definition) is 6. The maximum absolute atomic E-state index is 11.2. The number of rotatable bonds is 5. The Morgan fingerprint density at radius 3 is 2.62 bits per heavy atom. The molecule has 6 nitrogen and oxygen atoms in total. The van der Waals surface area contributed by atoms with Crippen LogP contribution in [0.3, 0.4) is 0 Å². The van der Waals surface area contributed by atoms with Crippen LogP contribution in [0, 0.1) is 10.1 Å². The first-order valence-electron chi connectivity index (χ1n) is 9.69. The highest BCUT2D eigenvalue weighted by molar-refractivity contribution is 7.13. The molecule has 0 atom stereocenters. The summed E-state index contributed by atoms with van der Waals surface area (Å²) in [6.45, 7) is 0. The Morgan fingerprint density at radius 1 is 1.00 bits per heavy atom. The van der Waals surface area contributed by atoms with Gasteiger partial charge in [0, 0.05) is 45.4 Å². The molecule has 3 aromatic carbocycles. The van der Waals surface area contributed by atoms with Gasteiger partial charge in [0.1, 0.15) is 5.01 Å². The summed E-state index contributed by atoms with van der Waals surface area (Å²) in [5.41, 5.74) is 4.89. The second kappa shape index (κ2) is 8.37. The molecule has 0 fully saturated rings. The third kappa shape index (κ3) is 3.91. The summed E-state index contributed by atoms with van der Waals surface area (Å²) in [5.74, 6) is 0. The van der Waals surface area contributed by atoms with Crippen LogP contribution in [-0.4, -0.2) is 14.9 Å². The van der Waals surface area contributed by atoms with Crippen LogP contribution in [0.4, 0.5) is 17.1 Å². The lowest BCUT2D eigenvalue weighted by Gasteiger charge is -2.13. The molecule has 5 rings (SSSR count). The predicted octanol–water partition coefficient (Wildman–Crippen LogP) is 7.33. The van der Waals surface area contributed by atoms with E-state index in [1.165, 1.54) is 23.5 Å². The predicted molar refractivity (Wildman–Crippen MR) is 130 cm³/mol. The minimum absolute atomic E-state index is 0.0224. The normalized spacial score (nSPS) is 10.9. The molecule has 5 aromatic rings. The molecule has 8 heteroatoms. The van der Waals surface area contributed by atoms with E-state index in [1.807, 2.05) is 53.9 Å². The van der Waals surface area contributed by atoms with Crippen molar-refractivity contribution in [2.45, 2.75) is 0 Å². The molecular weight excluding hydrogens is 444 g/mol. The summed E-state index contributed by atoms with van der Waals surface area (Å²) in [7, 11) is 0. The van der Waals surface area contributed by atoms with Crippen molar-refractivity contribution in [2.24, 2.45) is 0 Å². The Labute approximate surface area is 192 Å². The first kappa shape index (κ1) is 20.1. The van der Waals surface area contributed by atoms with Gasteiger partial charge >= 0.3 is 0 Å². The van der Waals surface area contributed by atoms with E-state index in [2.05, 4.69) is 10.3 Å². The minimum atomic E-state index is -0.407. The Bertz CT molecular complexity index is 1450. The number of anilines is 2. The van der Waals surface area contributed by atoms with Gasteiger partial charge in [0.2, 0.25) is 0 Å². The topological polar surface area (TPSA) is 81.0 Å². The number of benzene rings is 3. The second-order valence-corrected chi connectivity index (χ2v) is 8.34. The van der Waals surface area contributed by atoms with Crippen LogP contribution < -0.4 is 5.32 Å². The Balaban J connectivity index is 1.62. The number of nitro benzene ring substituents is 1. The number of aromatic nitrogens is 2. The van der Waals surface area contributed by atoms with Gasteiger partial charge < -0.3 is 5.32 Å². The standard InChI is InChI=1S/C24H15ClN4O2S/c25-16-10-8-15(9-11-16)22-14-32-24(28-22)20-13-26-21-7-2-1-6-19(21)23(20)27-17-4-3-5-18(12-17)29(30)31/h1-14H,(H,26,27). The Hall–Kier alpha value is -3.81. The number of nitrogens with zero attached hydrogens (tertiary/aromatic N) is 3. The fourth-order valence-corrected chi connectivity index (χ4v) is 4.40. The molecule has 0 amide bonds. The van der Waals surface area contributed by atoms with Gasteiger partial charge in [-0.25, -0.2) is 4.98 Å². The van der Waals surface area contributed by atoms with Gasteiger partial charge in [0.05, 0.1) is 27.4 Å². The van der Waals surface area contributed by atoms with Gasteiger partial charge in [-0.1, -0.05) is 48.0 Å². The Kier molecular flexibility index (Phi) is 5.26. The summed E-state index contributed by atoms with van der Waals surface area (Å²) < 4.78 is 0. The molecule has 0 aliphatic heterocycles. The Morgan fingerprint density at radius 2 is 1.81 bits per heavy atom. The number of pyridine rings is 1. The molecule has 0 bridgehead atoms. The summed E-state index contributed by atoms with van der Waals surface area (Å²) in [6, 6.07) is 21.7. The molecule has 0 aliphatic rings. The van der Waals surface area contributed by atoms with E-state index in [1.54, 1.807) is 18.3 Å². The fourth-order valence-electron chi connectivity index (χ4n) is 3.43. The van der Waals surface area contributed by atoms with Crippen LogP contribution in [0.25, 0.3) is 32.7 Å². The maximum atomic E-state index is 11.2. The second-order valence-electron chi connectivity index (χ2n) is 7.04. The number of fused-ring (bicyclic) bond motifs is 1. The lowest BCUT2D eigenvalue weighted by Crippen LogP contribution is -1.97. The minimum Gasteiger partial charge on any atom is -0.354 e. The van der Waals surface area contributed by atoms with Gasteiger partial charge in [-0.15, -0.1) is 11.3 Å². The van der Waals surface area contributed by atoms with E-state index in [4.69, 9.17) is 16.6 Å². The summed E-state index contributed by atoms with van der Waals surface area (Å²) in [5, 5.41) is 18.9. The van der Waals surface area contributed by atoms with Gasteiger partial charge in [0.25, 0.3) is 5.69 Å². The van der Waals surface area contributed by atoms with E-state index >= 15 is 0 Å². The van der Waals surface area contributed by atoms with Gasteiger partial charge in [-0.2, -0.15) is 0 Å². The quantitative estimate of drug-likeness (QED) is 0.220. The van der Waals surface area contributed by atoms with E-state index in [-0.39, 0.29) is 5.69 Å². The number of halogens is 1. The van der Waals surface area contributed by atoms with Crippen LogP contribution in [0.1, 0.15) is 0 Å². The average molecular weight is 459 g/mol. The van der Waals surface area contributed by atoms with Crippen molar-refractivity contribution < 1.29 is 4.92 Å². The summed E-state index contributed by atoms with van der Waals surface area (Å²) in [4.78, 5) is 20.2. The smallest absolute Gasteiger partial charge is 0.271 e. The van der Waals surface area contributed by atoms with Crippen molar-refractivity contribution >= 4 is 50.9 Å². The van der Waals surface area contributed by atoms with Crippen LogP contribution in [-0.2, 0) is 0 Å². The number of non-ortho nitro benzene ring substituents is 1. The van der Waals surface area contributed by atoms with E-state index in [0.29, 0.717) is 10.7 Å².